The number of carbonyl (C=O) groups is 2. The molecule has 5 rings (SSSR count). The van der Waals surface area contributed by atoms with Gasteiger partial charge >= 0.3 is 12.1 Å². The highest BCUT2D eigenvalue weighted by Crippen LogP contribution is 2.44. The van der Waals surface area contributed by atoms with Crippen LogP contribution in [0.4, 0.5) is 4.79 Å². The van der Waals surface area contributed by atoms with Gasteiger partial charge in [-0.05, 0) is 34.7 Å². The Kier molecular flexibility index (Phi) is 7.68. The third-order valence-corrected chi connectivity index (χ3v) is 6.78. The maximum absolute atomic E-state index is 13.0. The predicted molar refractivity (Wildman–Crippen MR) is 150 cm³/mol. The van der Waals surface area contributed by atoms with Crippen molar-refractivity contribution in [3.05, 3.63) is 131 Å². The third-order valence-electron chi connectivity index (χ3n) is 6.78. The summed E-state index contributed by atoms with van der Waals surface area (Å²) in [5.41, 5.74) is 13.0. The molecule has 1 aliphatic carbocycles. The van der Waals surface area contributed by atoms with Crippen LogP contribution in [-0.2, 0) is 20.8 Å². The molecule has 3 N–H and O–H groups in total. The molecule has 0 heterocycles. The number of alkyl carbamates (subject to hydrolysis) is 1. The molecule has 0 aromatic heterocycles. The fourth-order valence-electron chi connectivity index (χ4n) is 4.76. The molecule has 0 spiro atoms. The van der Waals surface area contributed by atoms with Gasteiger partial charge in [0.1, 0.15) is 12.6 Å². The zero-order valence-corrected chi connectivity index (χ0v) is 21.5. The molecule has 0 bridgehead atoms. The fourth-order valence-corrected chi connectivity index (χ4v) is 4.76. The van der Waals surface area contributed by atoms with E-state index in [-0.39, 0.29) is 24.8 Å². The van der Waals surface area contributed by atoms with Crippen molar-refractivity contribution in [1.29, 1.82) is 0 Å². The number of aryl methyl sites for hydroxylation is 1. The van der Waals surface area contributed by atoms with Gasteiger partial charge in [-0.3, -0.25) is 0 Å². The van der Waals surface area contributed by atoms with E-state index < -0.39 is 18.1 Å². The van der Waals surface area contributed by atoms with Gasteiger partial charge in [0.2, 0.25) is 0 Å². The molecule has 4 aromatic rings. The van der Waals surface area contributed by atoms with Gasteiger partial charge in [0.05, 0.1) is 0 Å². The first-order chi connectivity index (χ1) is 19.0. The zero-order chi connectivity index (χ0) is 27.2. The van der Waals surface area contributed by atoms with Gasteiger partial charge in [-0.1, -0.05) is 114 Å². The number of oxime groups is 1. The van der Waals surface area contributed by atoms with Crippen LogP contribution in [0.5, 0.6) is 0 Å². The number of amides is 1. The smallest absolute Gasteiger partial charge is 0.407 e. The topological polar surface area (TPSA) is 103 Å². The van der Waals surface area contributed by atoms with Gasteiger partial charge in [0.25, 0.3) is 0 Å². The number of amidine groups is 1. The van der Waals surface area contributed by atoms with Gasteiger partial charge < -0.3 is 20.6 Å². The molecule has 0 saturated heterocycles. The van der Waals surface area contributed by atoms with E-state index in [1.165, 1.54) is 0 Å². The Morgan fingerprint density at radius 2 is 1.44 bits per heavy atom. The van der Waals surface area contributed by atoms with Crippen molar-refractivity contribution >= 4 is 17.9 Å². The standard InChI is InChI=1S/C32H29N3O4/c1-21-15-17-23(18-16-21)30(33)35-39-31(36)29(19-22-9-3-2-4-10-22)34-32(37)38-20-28-26-13-7-5-11-24(26)25-12-6-8-14-27(25)28/h2-18,28-29H,19-20H2,1H3,(H2,33,35)(H,34,37)/t29-/m0/s1. The quantitative estimate of drug-likeness (QED) is 0.142. The summed E-state index contributed by atoms with van der Waals surface area (Å²) in [6.45, 7) is 2.09. The van der Waals surface area contributed by atoms with Crippen LogP contribution in [0.25, 0.3) is 11.1 Å². The summed E-state index contributed by atoms with van der Waals surface area (Å²) in [5.74, 6) is -0.785. The van der Waals surface area contributed by atoms with Gasteiger partial charge in [0.15, 0.2) is 5.84 Å². The van der Waals surface area contributed by atoms with Crippen molar-refractivity contribution in [2.24, 2.45) is 10.9 Å². The van der Waals surface area contributed by atoms with Crippen LogP contribution < -0.4 is 11.1 Å². The second kappa shape index (κ2) is 11.6. The maximum atomic E-state index is 13.0. The van der Waals surface area contributed by atoms with Crippen molar-refractivity contribution in [2.75, 3.05) is 6.61 Å². The Labute approximate surface area is 227 Å². The van der Waals surface area contributed by atoms with Gasteiger partial charge in [-0.2, -0.15) is 0 Å². The molecule has 0 fully saturated rings. The lowest BCUT2D eigenvalue weighted by Gasteiger charge is -2.18. The zero-order valence-electron chi connectivity index (χ0n) is 21.5. The highest BCUT2D eigenvalue weighted by Gasteiger charge is 2.30. The van der Waals surface area contributed by atoms with E-state index in [2.05, 4.69) is 22.6 Å². The van der Waals surface area contributed by atoms with Crippen molar-refractivity contribution in [3.8, 4) is 11.1 Å². The number of hydrogen-bond acceptors (Lipinski definition) is 5. The van der Waals surface area contributed by atoms with Crippen LogP contribution in [0.1, 0.15) is 33.7 Å². The Balaban J connectivity index is 1.27. The van der Waals surface area contributed by atoms with Gasteiger partial charge in [0, 0.05) is 17.9 Å². The number of hydrogen-bond donors (Lipinski definition) is 2. The van der Waals surface area contributed by atoms with E-state index in [1.807, 2.05) is 85.8 Å². The number of ether oxygens (including phenoxy) is 1. The summed E-state index contributed by atoms with van der Waals surface area (Å²) >= 11 is 0. The second-order valence-corrected chi connectivity index (χ2v) is 9.47. The number of benzene rings is 4. The lowest BCUT2D eigenvalue weighted by molar-refractivity contribution is -0.146. The Hall–Kier alpha value is -4.91. The molecule has 0 saturated carbocycles. The number of nitrogens with two attached hydrogens (primary N) is 1. The summed E-state index contributed by atoms with van der Waals surface area (Å²) in [4.78, 5) is 31.1. The molecule has 1 aliphatic rings. The number of carbonyl (C=O) groups excluding carboxylic acids is 2. The van der Waals surface area contributed by atoms with Crippen molar-refractivity contribution in [1.82, 2.24) is 5.32 Å². The predicted octanol–water partition coefficient (Wildman–Crippen LogP) is 5.31. The van der Waals surface area contributed by atoms with Crippen molar-refractivity contribution in [3.63, 3.8) is 0 Å². The Morgan fingerprint density at radius 3 is 2.08 bits per heavy atom. The van der Waals surface area contributed by atoms with Crippen LogP contribution in [0, 0.1) is 6.92 Å². The van der Waals surface area contributed by atoms with Crippen LogP contribution in [0.2, 0.25) is 0 Å². The van der Waals surface area contributed by atoms with Crippen LogP contribution >= 0.6 is 0 Å². The second-order valence-electron chi connectivity index (χ2n) is 9.47. The van der Waals surface area contributed by atoms with Gasteiger partial charge in [-0.15, -0.1) is 0 Å². The fraction of sp³-hybridized carbons (Fsp3) is 0.156. The molecule has 0 radical (unpaired) electrons. The molecular formula is C32H29N3O4. The van der Waals surface area contributed by atoms with Crippen LogP contribution in [0.3, 0.4) is 0 Å². The summed E-state index contributed by atoms with van der Waals surface area (Å²) in [6.07, 6.45) is -0.519. The summed E-state index contributed by atoms with van der Waals surface area (Å²) in [5, 5.41) is 6.47. The van der Waals surface area contributed by atoms with E-state index in [1.54, 1.807) is 12.1 Å². The maximum Gasteiger partial charge on any atom is 0.407 e. The van der Waals surface area contributed by atoms with E-state index >= 15 is 0 Å². The molecule has 4 aromatic carbocycles. The first-order valence-electron chi connectivity index (χ1n) is 12.8. The first kappa shape index (κ1) is 25.7. The molecule has 7 heteroatoms. The molecule has 1 atom stereocenters. The Bertz CT molecular complexity index is 1450. The first-order valence-corrected chi connectivity index (χ1v) is 12.8. The molecule has 0 unspecified atom stereocenters. The minimum atomic E-state index is -1.03. The van der Waals surface area contributed by atoms with Crippen LogP contribution in [-0.4, -0.2) is 30.5 Å². The summed E-state index contributed by atoms with van der Waals surface area (Å²) < 4.78 is 5.65. The largest absolute Gasteiger partial charge is 0.449 e. The van der Waals surface area contributed by atoms with Crippen molar-refractivity contribution in [2.45, 2.75) is 25.3 Å². The Morgan fingerprint density at radius 1 is 0.846 bits per heavy atom. The van der Waals surface area contributed by atoms with E-state index in [0.29, 0.717) is 5.56 Å². The summed E-state index contributed by atoms with van der Waals surface area (Å²) in [7, 11) is 0. The number of rotatable bonds is 8. The number of fused-ring (bicyclic) bond motifs is 3. The molecule has 1 amide bonds. The number of nitrogens with zero attached hydrogens (tertiary/aromatic N) is 1. The molecule has 196 valence electrons. The molecular weight excluding hydrogens is 490 g/mol. The lowest BCUT2D eigenvalue weighted by Crippen LogP contribution is -2.43. The minimum Gasteiger partial charge on any atom is -0.449 e. The SMILES string of the molecule is Cc1ccc(/C(N)=N\OC(=O)[C@H](Cc2ccccc2)NC(=O)OCC2c3ccccc3-c3ccccc32)cc1. The lowest BCUT2D eigenvalue weighted by atomic mass is 9.98. The van der Waals surface area contributed by atoms with Gasteiger partial charge in [-0.25, -0.2) is 9.59 Å². The van der Waals surface area contributed by atoms with E-state index in [9.17, 15) is 9.59 Å². The average Bonchev–Trinajstić information content (AvgIpc) is 3.29. The highest BCUT2D eigenvalue weighted by atomic mass is 16.7. The van der Waals surface area contributed by atoms with E-state index in [0.717, 1.165) is 33.4 Å². The molecule has 0 aliphatic heterocycles. The number of nitrogens with one attached hydrogen (secondary N) is 1. The normalized spacial score (nSPS) is 13.2. The van der Waals surface area contributed by atoms with E-state index in [4.69, 9.17) is 15.3 Å². The minimum absolute atomic E-state index is 0.0583. The third kappa shape index (κ3) is 5.99. The molecule has 39 heavy (non-hydrogen) atoms. The molecule has 7 nitrogen and oxygen atoms in total. The van der Waals surface area contributed by atoms with Crippen molar-refractivity contribution < 1.29 is 19.2 Å². The van der Waals surface area contributed by atoms with Crippen LogP contribution in [0.15, 0.2) is 108 Å². The monoisotopic (exact) mass is 519 g/mol. The highest BCUT2D eigenvalue weighted by molar-refractivity contribution is 5.97. The summed E-state index contributed by atoms with van der Waals surface area (Å²) in [6, 6.07) is 31.8. The average molecular weight is 520 g/mol.